The zero-order valence-corrected chi connectivity index (χ0v) is 23.5. The van der Waals surface area contributed by atoms with Crippen molar-refractivity contribution < 1.29 is 0 Å². The molecule has 1 unspecified atom stereocenters. The molecule has 37 heavy (non-hydrogen) atoms. The summed E-state index contributed by atoms with van der Waals surface area (Å²) in [7, 11) is 4.28. The molecule has 0 aliphatic carbocycles. The van der Waals surface area contributed by atoms with Gasteiger partial charge in [0.2, 0.25) is 0 Å². The van der Waals surface area contributed by atoms with Crippen molar-refractivity contribution in [3.05, 3.63) is 60.3 Å². The molecule has 1 atom stereocenters. The number of nitrogens with zero attached hydrogens (tertiary/aromatic N) is 4. The predicted octanol–water partition coefficient (Wildman–Crippen LogP) is 6.21. The second-order valence-corrected chi connectivity index (χ2v) is 10.4. The molecule has 6 nitrogen and oxygen atoms in total. The molecule has 2 aromatic carbocycles. The number of rotatable bonds is 7. The first-order valence-electron chi connectivity index (χ1n) is 13.5. The second-order valence-electron chi connectivity index (χ2n) is 10.1. The fourth-order valence-corrected chi connectivity index (χ4v) is 5.39. The monoisotopic (exact) mass is 518 g/mol. The summed E-state index contributed by atoms with van der Waals surface area (Å²) in [5, 5.41) is 4.76. The van der Waals surface area contributed by atoms with Gasteiger partial charge in [-0.1, -0.05) is 57.0 Å². The minimum absolute atomic E-state index is 0.604. The van der Waals surface area contributed by atoms with Crippen LogP contribution >= 0.6 is 12.8 Å². The number of fused-ring (bicyclic) bond motifs is 2. The van der Waals surface area contributed by atoms with Crippen molar-refractivity contribution in [2.45, 2.75) is 45.2 Å². The standard InChI is InChI=1S/C24H28N4.C6H14N2S/c1-4-6-12-28-20(16-19-9-7-8-10-23(19)28)17-26-22-15-18(5-2)14-21-24(22)27(3)13-11-25-21;1-8-4-2-3-6(5-8)7-9/h5,7-10,14-17,25H,2,4,6,11-13H2,1,3H3;6-7,9H,2-5H2,1H3. The van der Waals surface area contributed by atoms with Crippen molar-refractivity contribution in [1.82, 2.24) is 14.2 Å². The number of unbranched alkanes of at least 4 members (excludes halogenated alkanes) is 1. The number of nitrogens with one attached hydrogen (secondary N) is 2. The Morgan fingerprint density at radius 1 is 1.19 bits per heavy atom. The van der Waals surface area contributed by atoms with Crippen LogP contribution in [0.4, 0.5) is 17.1 Å². The molecular formula is C30H42N6S. The highest BCUT2D eigenvalue weighted by atomic mass is 32.1. The molecule has 0 spiro atoms. The number of hydrogen-bond donors (Lipinski definition) is 3. The third-order valence-electron chi connectivity index (χ3n) is 7.21. The number of hydrogen-bond acceptors (Lipinski definition) is 6. The average molecular weight is 519 g/mol. The lowest BCUT2D eigenvalue weighted by molar-refractivity contribution is 0.245. The number of anilines is 2. The average Bonchev–Trinajstić information content (AvgIpc) is 3.28. The first-order valence-corrected chi connectivity index (χ1v) is 13.9. The number of likely N-dealkylation sites (tertiary alicyclic amines) is 1. The lowest BCUT2D eigenvalue weighted by Crippen LogP contribution is -2.40. The SMILES string of the molecule is C=Cc1cc(N=Cc2cc3ccccc3n2CCCC)c2c(c1)NCCN2C.CN1CCCC(NS)C1. The summed E-state index contributed by atoms with van der Waals surface area (Å²) in [5.74, 6) is 0. The highest BCUT2D eigenvalue weighted by Gasteiger charge is 2.18. The molecule has 2 N–H and O–H groups in total. The lowest BCUT2D eigenvalue weighted by atomic mass is 10.1. The first kappa shape index (κ1) is 27.3. The fraction of sp³-hybridized carbons (Fsp3) is 0.433. The van der Waals surface area contributed by atoms with Crippen molar-refractivity contribution in [3.63, 3.8) is 0 Å². The van der Waals surface area contributed by atoms with E-state index in [1.165, 1.54) is 36.7 Å². The number of likely N-dealkylation sites (N-methyl/N-ethyl adjacent to an activating group) is 2. The molecule has 3 heterocycles. The van der Waals surface area contributed by atoms with Crippen LogP contribution in [-0.2, 0) is 6.54 Å². The molecule has 1 fully saturated rings. The molecule has 1 saturated heterocycles. The van der Waals surface area contributed by atoms with Crippen LogP contribution in [0, 0.1) is 0 Å². The van der Waals surface area contributed by atoms with Crippen molar-refractivity contribution >= 4 is 53.1 Å². The summed E-state index contributed by atoms with van der Waals surface area (Å²) in [4.78, 5) is 9.54. The molecule has 2 aliphatic rings. The molecule has 2 aliphatic heterocycles. The number of thiol groups is 1. The minimum Gasteiger partial charge on any atom is -0.382 e. The van der Waals surface area contributed by atoms with Gasteiger partial charge in [-0.05, 0) is 62.7 Å². The summed E-state index contributed by atoms with van der Waals surface area (Å²) >= 11 is 4.03. The van der Waals surface area contributed by atoms with Crippen LogP contribution < -0.4 is 14.9 Å². The Kier molecular flexibility index (Phi) is 9.72. The van der Waals surface area contributed by atoms with Crippen LogP contribution in [-0.4, -0.2) is 62.0 Å². The van der Waals surface area contributed by atoms with Gasteiger partial charge in [-0.3, -0.25) is 9.71 Å². The van der Waals surface area contributed by atoms with Crippen LogP contribution in [0.15, 0.2) is 54.0 Å². The normalized spacial score (nSPS) is 17.8. The van der Waals surface area contributed by atoms with Gasteiger partial charge in [0.1, 0.15) is 0 Å². The summed E-state index contributed by atoms with van der Waals surface area (Å²) in [6.45, 7) is 11.5. The van der Waals surface area contributed by atoms with Crippen LogP contribution in [0.2, 0.25) is 0 Å². The van der Waals surface area contributed by atoms with Crippen molar-refractivity contribution in [2.24, 2.45) is 4.99 Å². The Balaban J connectivity index is 0.000000301. The maximum atomic E-state index is 4.94. The zero-order chi connectivity index (χ0) is 26.2. The van der Waals surface area contributed by atoms with Crippen molar-refractivity contribution in [3.8, 4) is 0 Å². The van der Waals surface area contributed by atoms with Gasteiger partial charge in [0, 0.05) is 50.2 Å². The molecule has 0 amide bonds. The van der Waals surface area contributed by atoms with E-state index in [0.29, 0.717) is 6.04 Å². The van der Waals surface area contributed by atoms with Crippen LogP contribution in [0.25, 0.3) is 17.0 Å². The molecule has 7 heteroatoms. The van der Waals surface area contributed by atoms with Gasteiger partial charge in [-0.2, -0.15) is 0 Å². The van der Waals surface area contributed by atoms with Gasteiger partial charge in [0.25, 0.3) is 0 Å². The molecule has 5 rings (SSSR count). The van der Waals surface area contributed by atoms with Gasteiger partial charge >= 0.3 is 0 Å². The van der Waals surface area contributed by atoms with E-state index in [4.69, 9.17) is 4.99 Å². The Morgan fingerprint density at radius 2 is 2.03 bits per heavy atom. The van der Waals surface area contributed by atoms with E-state index in [1.54, 1.807) is 0 Å². The van der Waals surface area contributed by atoms with E-state index < -0.39 is 0 Å². The highest BCUT2D eigenvalue weighted by molar-refractivity contribution is 7.78. The number of benzene rings is 2. The van der Waals surface area contributed by atoms with Gasteiger partial charge in [0.05, 0.1) is 29.0 Å². The van der Waals surface area contributed by atoms with Gasteiger partial charge in [-0.25, -0.2) is 0 Å². The smallest absolute Gasteiger partial charge is 0.0891 e. The summed E-state index contributed by atoms with van der Waals surface area (Å²) in [6.07, 6.45) is 8.80. The van der Waals surface area contributed by atoms with Gasteiger partial charge in [0.15, 0.2) is 0 Å². The van der Waals surface area contributed by atoms with E-state index in [2.05, 4.69) is 107 Å². The maximum Gasteiger partial charge on any atom is 0.0891 e. The topological polar surface area (TPSA) is 47.8 Å². The van der Waals surface area contributed by atoms with Crippen molar-refractivity contribution in [2.75, 3.05) is 50.5 Å². The number of aryl methyl sites for hydroxylation is 1. The van der Waals surface area contributed by atoms with Crippen LogP contribution in [0.5, 0.6) is 0 Å². The van der Waals surface area contributed by atoms with Crippen LogP contribution in [0.3, 0.4) is 0 Å². The molecular weight excluding hydrogens is 476 g/mol. The Morgan fingerprint density at radius 3 is 2.76 bits per heavy atom. The first-order chi connectivity index (χ1) is 18.0. The maximum absolute atomic E-state index is 4.94. The lowest BCUT2D eigenvalue weighted by Gasteiger charge is -2.30. The molecule has 198 valence electrons. The zero-order valence-electron chi connectivity index (χ0n) is 22.6. The van der Waals surface area contributed by atoms with E-state index in [1.807, 2.05) is 12.3 Å². The van der Waals surface area contributed by atoms with E-state index in [9.17, 15) is 0 Å². The number of aromatic nitrogens is 1. The molecule has 3 aromatic rings. The highest BCUT2D eigenvalue weighted by Crippen LogP contribution is 2.39. The largest absolute Gasteiger partial charge is 0.382 e. The Hall–Kier alpha value is -2.74. The van der Waals surface area contributed by atoms with E-state index in [-0.39, 0.29) is 0 Å². The van der Waals surface area contributed by atoms with E-state index >= 15 is 0 Å². The quantitative estimate of drug-likeness (QED) is 0.257. The number of piperidine rings is 1. The fourth-order valence-electron chi connectivity index (χ4n) is 5.18. The van der Waals surface area contributed by atoms with Gasteiger partial charge < -0.3 is 19.7 Å². The van der Waals surface area contributed by atoms with Crippen molar-refractivity contribution in [1.29, 1.82) is 0 Å². The molecule has 1 aromatic heterocycles. The molecule has 0 bridgehead atoms. The third kappa shape index (κ3) is 6.78. The third-order valence-corrected chi connectivity index (χ3v) is 7.58. The molecule has 0 saturated carbocycles. The second kappa shape index (κ2) is 13.2. The number of aliphatic imine (C=N–C) groups is 1. The predicted molar refractivity (Wildman–Crippen MR) is 165 cm³/mol. The summed E-state index contributed by atoms with van der Waals surface area (Å²) < 4.78 is 5.37. The Labute approximate surface area is 228 Å². The Bertz CT molecular complexity index is 1220. The molecule has 0 radical (unpaired) electrons. The van der Waals surface area contributed by atoms with E-state index in [0.717, 1.165) is 60.9 Å². The summed E-state index contributed by atoms with van der Waals surface area (Å²) in [6, 6.07) is 15.7. The van der Waals surface area contributed by atoms with Gasteiger partial charge in [-0.15, -0.1) is 0 Å². The number of para-hydroxylation sites is 1. The summed E-state index contributed by atoms with van der Waals surface area (Å²) in [5.41, 5.74) is 6.78. The van der Waals surface area contributed by atoms with Crippen LogP contribution in [0.1, 0.15) is 43.9 Å². The minimum atomic E-state index is 0.604.